The Labute approximate surface area is 107 Å². The largest absolute Gasteiger partial charge is 0.385 e. The van der Waals surface area contributed by atoms with E-state index >= 15 is 0 Å². The van der Waals surface area contributed by atoms with Gasteiger partial charge in [-0.05, 0) is 54.2 Å². The molecule has 0 fully saturated rings. The summed E-state index contributed by atoms with van der Waals surface area (Å²) >= 11 is 0. The molecule has 0 aromatic heterocycles. The summed E-state index contributed by atoms with van der Waals surface area (Å²) in [4.78, 5) is 0. The highest BCUT2D eigenvalue weighted by Crippen LogP contribution is 2.26. The van der Waals surface area contributed by atoms with Gasteiger partial charge in [0.25, 0.3) is 0 Å². The van der Waals surface area contributed by atoms with Crippen LogP contribution in [0.5, 0.6) is 0 Å². The highest BCUT2D eigenvalue weighted by molar-refractivity contribution is 5.57. The zero-order valence-corrected chi connectivity index (χ0v) is 10.2. The molecule has 0 amide bonds. The molecule has 0 spiro atoms. The highest BCUT2D eigenvalue weighted by Gasteiger charge is 2.12. The summed E-state index contributed by atoms with van der Waals surface area (Å²) in [5.41, 5.74) is 5.20. The van der Waals surface area contributed by atoms with Crippen LogP contribution >= 0.6 is 0 Å². The lowest BCUT2D eigenvalue weighted by molar-refractivity contribution is 0.627. The van der Waals surface area contributed by atoms with Gasteiger partial charge < -0.3 is 5.32 Å². The maximum atomic E-state index is 12.9. The van der Waals surface area contributed by atoms with E-state index in [4.69, 9.17) is 0 Å². The van der Waals surface area contributed by atoms with Crippen molar-refractivity contribution in [1.29, 1.82) is 0 Å². The van der Waals surface area contributed by atoms with Crippen molar-refractivity contribution < 1.29 is 4.39 Å². The SMILES string of the molecule is Fc1ccc(Cc2cccc3c2CCCN3)cc1. The van der Waals surface area contributed by atoms with Crippen LogP contribution in [0.2, 0.25) is 0 Å². The van der Waals surface area contributed by atoms with Gasteiger partial charge in [-0.25, -0.2) is 4.39 Å². The summed E-state index contributed by atoms with van der Waals surface area (Å²) in [6.07, 6.45) is 3.21. The Morgan fingerprint density at radius 3 is 2.72 bits per heavy atom. The molecule has 2 aromatic rings. The summed E-state index contributed by atoms with van der Waals surface area (Å²) in [5.74, 6) is -0.171. The van der Waals surface area contributed by atoms with Gasteiger partial charge in [-0.2, -0.15) is 0 Å². The molecule has 92 valence electrons. The molecule has 0 bridgehead atoms. The molecule has 0 saturated heterocycles. The standard InChI is InChI=1S/C16H16FN/c17-14-8-6-12(7-9-14)11-13-3-1-5-16-15(13)4-2-10-18-16/h1,3,5-9,18H,2,4,10-11H2. The van der Waals surface area contributed by atoms with E-state index < -0.39 is 0 Å². The van der Waals surface area contributed by atoms with Gasteiger partial charge >= 0.3 is 0 Å². The second-order valence-electron chi connectivity index (χ2n) is 4.78. The zero-order valence-electron chi connectivity index (χ0n) is 10.2. The maximum Gasteiger partial charge on any atom is 0.123 e. The van der Waals surface area contributed by atoms with Crippen LogP contribution in [0.15, 0.2) is 42.5 Å². The van der Waals surface area contributed by atoms with Gasteiger partial charge in [0.2, 0.25) is 0 Å². The van der Waals surface area contributed by atoms with Crippen molar-refractivity contribution in [2.45, 2.75) is 19.3 Å². The first-order chi connectivity index (χ1) is 8.83. The Balaban J connectivity index is 1.90. The van der Waals surface area contributed by atoms with E-state index in [1.54, 1.807) is 0 Å². The van der Waals surface area contributed by atoms with Crippen LogP contribution in [0.4, 0.5) is 10.1 Å². The van der Waals surface area contributed by atoms with Crippen molar-refractivity contribution in [3.63, 3.8) is 0 Å². The third-order valence-electron chi connectivity index (χ3n) is 3.50. The van der Waals surface area contributed by atoms with Crippen molar-refractivity contribution in [2.75, 3.05) is 11.9 Å². The number of hydrogen-bond acceptors (Lipinski definition) is 1. The van der Waals surface area contributed by atoms with Crippen molar-refractivity contribution in [3.8, 4) is 0 Å². The Bertz CT molecular complexity index is 546. The molecule has 2 heteroatoms. The number of anilines is 1. The number of halogens is 1. The number of rotatable bonds is 2. The van der Waals surface area contributed by atoms with Crippen LogP contribution in [0.3, 0.4) is 0 Å². The second-order valence-corrected chi connectivity index (χ2v) is 4.78. The highest BCUT2D eigenvalue weighted by atomic mass is 19.1. The predicted octanol–water partition coefficient (Wildman–Crippen LogP) is 3.77. The molecular formula is C16H16FN. The molecular weight excluding hydrogens is 225 g/mol. The lowest BCUT2D eigenvalue weighted by Crippen LogP contribution is -2.13. The lowest BCUT2D eigenvalue weighted by Gasteiger charge is -2.21. The van der Waals surface area contributed by atoms with Crippen molar-refractivity contribution in [1.82, 2.24) is 0 Å². The molecule has 0 saturated carbocycles. The summed E-state index contributed by atoms with van der Waals surface area (Å²) in [5, 5.41) is 3.44. The first-order valence-corrected chi connectivity index (χ1v) is 6.42. The Morgan fingerprint density at radius 1 is 1.06 bits per heavy atom. The molecule has 1 aliphatic rings. The number of fused-ring (bicyclic) bond motifs is 1. The first kappa shape index (κ1) is 11.3. The minimum Gasteiger partial charge on any atom is -0.385 e. The van der Waals surface area contributed by atoms with Crippen LogP contribution in [-0.2, 0) is 12.8 Å². The minimum absolute atomic E-state index is 0.171. The van der Waals surface area contributed by atoms with Gasteiger partial charge in [0.1, 0.15) is 5.82 Å². The number of benzene rings is 2. The molecule has 18 heavy (non-hydrogen) atoms. The van der Waals surface area contributed by atoms with E-state index in [-0.39, 0.29) is 5.82 Å². The minimum atomic E-state index is -0.171. The van der Waals surface area contributed by atoms with E-state index in [1.165, 1.54) is 35.4 Å². The average molecular weight is 241 g/mol. The van der Waals surface area contributed by atoms with E-state index in [9.17, 15) is 4.39 Å². The molecule has 1 N–H and O–H groups in total. The van der Waals surface area contributed by atoms with Crippen molar-refractivity contribution >= 4 is 5.69 Å². The van der Waals surface area contributed by atoms with E-state index in [2.05, 4.69) is 23.5 Å². The molecule has 0 unspecified atom stereocenters. The van der Waals surface area contributed by atoms with Gasteiger partial charge in [-0.15, -0.1) is 0 Å². The van der Waals surface area contributed by atoms with Crippen LogP contribution in [0.1, 0.15) is 23.1 Å². The summed E-state index contributed by atoms with van der Waals surface area (Å²) in [7, 11) is 0. The molecule has 1 aliphatic heterocycles. The second kappa shape index (κ2) is 4.81. The third kappa shape index (κ3) is 2.23. The smallest absolute Gasteiger partial charge is 0.123 e. The molecule has 2 aromatic carbocycles. The predicted molar refractivity (Wildman–Crippen MR) is 72.5 cm³/mol. The maximum absolute atomic E-state index is 12.9. The Hall–Kier alpha value is -1.83. The monoisotopic (exact) mass is 241 g/mol. The van der Waals surface area contributed by atoms with Crippen LogP contribution in [-0.4, -0.2) is 6.54 Å². The fraction of sp³-hybridized carbons (Fsp3) is 0.250. The number of nitrogens with one attached hydrogen (secondary N) is 1. The molecule has 0 radical (unpaired) electrons. The van der Waals surface area contributed by atoms with E-state index in [0.717, 1.165) is 24.9 Å². The first-order valence-electron chi connectivity index (χ1n) is 6.42. The topological polar surface area (TPSA) is 12.0 Å². The molecule has 3 rings (SSSR count). The van der Waals surface area contributed by atoms with Gasteiger partial charge in [0.05, 0.1) is 0 Å². The van der Waals surface area contributed by atoms with Gasteiger partial charge in [-0.3, -0.25) is 0 Å². The van der Waals surface area contributed by atoms with Crippen molar-refractivity contribution in [3.05, 3.63) is 65.0 Å². The van der Waals surface area contributed by atoms with Gasteiger partial charge in [0.15, 0.2) is 0 Å². The Morgan fingerprint density at radius 2 is 1.89 bits per heavy atom. The molecule has 0 atom stereocenters. The lowest BCUT2D eigenvalue weighted by atomic mass is 9.93. The van der Waals surface area contributed by atoms with Gasteiger partial charge in [0, 0.05) is 12.2 Å². The van der Waals surface area contributed by atoms with Crippen LogP contribution in [0, 0.1) is 5.82 Å². The van der Waals surface area contributed by atoms with E-state index in [1.807, 2.05) is 12.1 Å². The summed E-state index contributed by atoms with van der Waals surface area (Å²) < 4.78 is 12.9. The summed E-state index contributed by atoms with van der Waals surface area (Å²) in [6, 6.07) is 13.2. The molecule has 1 nitrogen and oxygen atoms in total. The fourth-order valence-corrected chi connectivity index (χ4v) is 2.57. The van der Waals surface area contributed by atoms with E-state index in [0.29, 0.717) is 0 Å². The third-order valence-corrected chi connectivity index (χ3v) is 3.50. The molecule has 0 aliphatic carbocycles. The quantitative estimate of drug-likeness (QED) is 0.843. The zero-order chi connectivity index (χ0) is 12.4. The number of hydrogen-bond donors (Lipinski definition) is 1. The fourth-order valence-electron chi connectivity index (χ4n) is 2.57. The Kier molecular flexibility index (Phi) is 3.01. The molecule has 1 heterocycles. The normalized spacial score (nSPS) is 13.8. The van der Waals surface area contributed by atoms with Crippen LogP contribution < -0.4 is 5.32 Å². The van der Waals surface area contributed by atoms with Crippen LogP contribution in [0.25, 0.3) is 0 Å². The van der Waals surface area contributed by atoms with Gasteiger partial charge in [-0.1, -0.05) is 24.3 Å². The summed E-state index contributed by atoms with van der Waals surface area (Å²) in [6.45, 7) is 1.06. The van der Waals surface area contributed by atoms with Crippen molar-refractivity contribution in [2.24, 2.45) is 0 Å². The average Bonchev–Trinajstić information content (AvgIpc) is 2.42.